The minimum atomic E-state index is -1.66. The highest BCUT2D eigenvalue weighted by Crippen LogP contribution is 2.43. The zero-order valence-electron chi connectivity index (χ0n) is 43.5. The number of fused-ring (bicyclic) bond motifs is 2. The number of halogens is 1. The van der Waals surface area contributed by atoms with Crippen LogP contribution < -0.4 is 38.1 Å². The molecule has 4 N–H and O–H groups in total. The van der Waals surface area contributed by atoms with Gasteiger partial charge in [-0.3, -0.25) is 14.5 Å². The fourth-order valence-electron chi connectivity index (χ4n) is 8.66. The molecule has 1 fully saturated rings. The summed E-state index contributed by atoms with van der Waals surface area (Å²) in [5, 5.41) is 17.3. The second-order valence-corrected chi connectivity index (χ2v) is 22.4. The van der Waals surface area contributed by atoms with Crippen LogP contribution in [0.25, 0.3) is 5.65 Å². The van der Waals surface area contributed by atoms with E-state index in [1.165, 1.54) is 53.6 Å². The van der Waals surface area contributed by atoms with Gasteiger partial charge >= 0.3 is 11.9 Å². The summed E-state index contributed by atoms with van der Waals surface area (Å²) in [6.45, 7) is 9.93. The van der Waals surface area contributed by atoms with Crippen molar-refractivity contribution in [3.8, 4) is 5.75 Å². The number of rotatable bonds is 18. The van der Waals surface area contributed by atoms with E-state index in [2.05, 4.69) is 25.9 Å². The molecule has 18 nitrogen and oxygen atoms in total. The summed E-state index contributed by atoms with van der Waals surface area (Å²) in [5.74, 6) is -1.32. The highest BCUT2D eigenvalue weighted by atomic mass is 35.5. The summed E-state index contributed by atoms with van der Waals surface area (Å²) in [7, 11) is 3.42. The normalized spacial score (nSPS) is 15.7. The lowest BCUT2D eigenvalue weighted by atomic mass is 9.77. The Balaban J connectivity index is 0.00000784. The Kier molecular flexibility index (Phi) is 16.7. The van der Waals surface area contributed by atoms with Crippen molar-refractivity contribution >= 4 is 80.9 Å². The largest absolute Gasteiger partial charge is 1.00 e. The number of aryl methyl sites for hydroxylation is 2. The number of esters is 2. The minimum Gasteiger partial charge on any atom is -1.00 e. The van der Waals surface area contributed by atoms with Crippen LogP contribution in [0.15, 0.2) is 149 Å². The Hall–Kier alpha value is -7.46. The first-order valence-electron chi connectivity index (χ1n) is 24.2. The van der Waals surface area contributed by atoms with Gasteiger partial charge in [-0.15, -0.1) is 23.1 Å². The molecule has 9 rings (SSSR count). The third-order valence-electron chi connectivity index (χ3n) is 12.6. The molecule has 3 aromatic heterocycles. The van der Waals surface area contributed by atoms with E-state index in [0.717, 1.165) is 27.9 Å². The Bertz CT molecular complexity index is 3270. The van der Waals surface area contributed by atoms with Crippen LogP contribution in [0.3, 0.4) is 0 Å². The summed E-state index contributed by atoms with van der Waals surface area (Å²) >= 11 is 3.91. The molecule has 0 saturated carbocycles. The number of amides is 2. The molecule has 0 spiro atoms. The molecule has 2 aliphatic heterocycles. The number of nitrogens with two attached hydrogens (primary N) is 1. The second kappa shape index (κ2) is 23.0. The van der Waals surface area contributed by atoms with E-state index in [4.69, 9.17) is 29.8 Å². The fraction of sp³-hybridized carbons (Fsp3) is 0.291. The van der Waals surface area contributed by atoms with Crippen molar-refractivity contribution in [3.05, 3.63) is 172 Å². The van der Waals surface area contributed by atoms with Gasteiger partial charge in [0.2, 0.25) is 5.60 Å². The number of thiazole rings is 1. The molecule has 77 heavy (non-hydrogen) atoms. The smallest absolute Gasteiger partial charge is 0.355 e. The maximum Gasteiger partial charge on any atom is 0.355 e. The van der Waals surface area contributed by atoms with Crippen LogP contribution in [0.2, 0.25) is 0 Å². The molecule has 0 bridgehead atoms. The SMILES string of the molecule is COc1ccc(COC(=O)C2=C(CSc3nc(N)c(C)c4n3nc[n+]4C)CSC3C(NC(=O)/C(=N\OC(C)(C)C(=O)OC(C)(C)C)c4csc(NC(c5ccccc5)(c5ccccc5)c5ccccc5)n4)C(=O)N23)cc1.[Cl-]. The molecule has 0 aliphatic carbocycles. The van der Waals surface area contributed by atoms with Crippen LogP contribution in [0.4, 0.5) is 10.9 Å². The molecule has 2 unspecified atom stereocenters. The van der Waals surface area contributed by atoms with Crippen molar-refractivity contribution in [2.24, 2.45) is 12.2 Å². The van der Waals surface area contributed by atoms with Crippen molar-refractivity contribution in [3.63, 3.8) is 0 Å². The summed E-state index contributed by atoms with van der Waals surface area (Å²) in [4.78, 5) is 74.0. The Labute approximate surface area is 464 Å². The van der Waals surface area contributed by atoms with Gasteiger partial charge in [-0.05, 0) is 86.0 Å². The molecule has 2 atom stereocenters. The van der Waals surface area contributed by atoms with E-state index in [1.54, 1.807) is 68.4 Å². The van der Waals surface area contributed by atoms with E-state index in [0.29, 0.717) is 38.7 Å². The fourth-order valence-corrected chi connectivity index (χ4v) is 11.8. The molecule has 22 heteroatoms. The average Bonchev–Trinajstić information content (AvgIpc) is 4.06. The maximum absolute atomic E-state index is 14.8. The van der Waals surface area contributed by atoms with E-state index in [1.807, 2.05) is 110 Å². The van der Waals surface area contributed by atoms with Crippen molar-refractivity contribution in [2.45, 2.75) is 81.5 Å². The Morgan fingerprint density at radius 1 is 0.896 bits per heavy atom. The van der Waals surface area contributed by atoms with Crippen LogP contribution in [0.5, 0.6) is 5.75 Å². The molecule has 4 aromatic carbocycles. The number of nitrogens with one attached hydrogen (secondary N) is 2. The van der Waals surface area contributed by atoms with Crippen molar-refractivity contribution in [1.29, 1.82) is 0 Å². The first-order chi connectivity index (χ1) is 36.4. The molecule has 0 radical (unpaired) electrons. The number of thioether (sulfide) groups is 2. The van der Waals surface area contributed by atoms with Gasteiger partial charge in [-0.25, -0.2) is 19.1 Å². The molecule has 2 amide bonds. The van der Waals surface area contributed by atoms with Gasteiger partial charge in [-0.1, -0.05) is 120 Å². The number of nitrogens with zero attached hydrogens (tertiary/aromatic N) is 7. The molecular formula is C55H57ClN10O8S3. The lowest BCUT2D eigenvalue weighted by Crippen LogP contribution is -3.00. The van der Waals surface area contributed by atoms with E-state index in [-0.39, 0.29) is 41.9 Å². The number of methoxy groups -OCH3 is 1. The lowest BCUT2D eigenvalue weighted by molar-refractivity contribution is -0.646. The summed E-state index contributed by atoms with van der Waals surface area (Å²) < 4.78 is 20.4. The maximum atomic E-state index is 14.8. The topological polar surface area (TPSA) is 218 Å². The number of carbonyl (C=O) groups is 4. The molecule has 2 aliphatic rings. The lowest BCUT2D eigenvalue weighted by Gasteiger charge is -2.49. The first-order valence-corrected chi connectivity index (χ1v) is 27.1. The second-order valence-electron chi connectivity index (χ2n) is 19.5. The number of carbonyl (C=O) groups excluding carboxylic acids is 4. The number of hydrogen-bond acceptors (Lipinski definition) is 17. The minimum absolute atomic E-state index is 0. The number of nitrogen functional groups attached to an aromatic ring is 1. The summed E-state index contributed by atoms with van der Waals surface area (Å²) in [5.41, 5.74) is 8.34. The molecule has 5 heterocycles. The van der Waals surface area contributed by atoms with Gasteiger partial charge in [0, 0.05) is 22.0 Å². The van der Waals surface area contributed by atoms with E-state index in [9.17, 15) is 19.2 Å². The third-order valence-corrected chi connectivity index (χ3v) is 15.7. The standard InChI is InChI=1S/C55H56N10O8S3.ClH/c1-33-44(56)60-52(65-46(33)63(7)32-57-65)76-30-35-29-74-48-42(47(67)64(48)43(35)49(68)71-28-34-24-26-39(70-8)27-25-34)59-45(66)41(62-73-54(5,6)50(69)72-53(2,3)4)40-31-75-51(58-40)61-55(36-18-12-9-13-19-36,37-20-14-10-15-21-37)38-22-16-11-17-23-38;/h9-27,31-32,42,48,56H,28-30H2,1-8H3,(H2,58,59,61,66);1H/b62-41-;. The average molecular weight is 1120 g/mol. The molecular weight excluding hydrogens is 1060 g/mol. The van der Waals surface area contributed by atoms with E-state index < -0.39 is 51.9 Å². The van der Waals surface area contributed by atoms with Crippen molar-refractivity contribution in [1.82, 2.24) is 29.8 Å². The monoisotopic (exact) mass is 1120 g/mol. The molecule has 7 aromatic rings. The van der Waals surface area contributed by atoms with Gasteiger partial charge < -0.3 is 47.8 Å². The number of β-lactam (4-membered cyclic amide) rings is 1. The Morgan fingerprint density at radius 2 is 1.51 bits per heavy atom. The highest BCUT2D eigenvalue weighted by molar-refractivity contribution is 8.01. The number of benzene rings is 4. The summed E-state index contributed by atoms with van der Waals surface area (Å²) in [6.07, 6.45) is 1.66. The highest BCUT2D eigenvalue weighted by Gasteiger charge is 2.55. The number of oxime groups is 1. The number of anilines is 2. The van der Waals surface area contributed by atoms with Gasteiger partial charge in [0.25, 0.3) is 28.9 Å². The number of hydrogen-bond donors (Lipinski definition) is 3. The quantitative estimate of drug-likeness (QED) is 0.0159. The third kappa shape index (κ3) is 11.6. The van der Waals surface area contributed by atoms with Gasteiger partial charge in [0.05, 0.1) is 19.7 Å². The number of ether oxygens (including phenoxy) is 3. The summed E-state index contributed by atoms with van der Waals surface area (Å²) in [6, 6.07) is 35.9. The van der Waals surface area contributed by atoms with Gasteiger partial charge in [0.1, 0.15) is 52.1 Å². The Morgan fingerprint density at radius 3 is 2.09 bits per heavy atom. The predicted molar refractivity (Wildman–Crippen MR) is 291 cm³/mol. The number of aromatic nitrogens is 5. The first kappa shape index (κ1) is 55.8. The van der Waals surface area contributed by atoms with Crippen LogP contribution in [-0.2, 0) is 52.7 Å². The molecule has 1 saturated heterocycles. The van der Waals surface area contributed by atoms with Crippen LogP contribution in [-0.4, -0.2) is 95.2 Å². The van der Waals surface area contributed by atoms with Crippen molar-refractivity contribution < 1.29 is 55.2 Å². The zero-order valence-corrected chi connectivity index (χ0v) is 46.7. The predicted octanol–water partition coefficient (Wildman–Crippen LogP) is 4.35. The van der Waals surface area contributed by atoms with E-state index >= 15 is 0 Å². The van der Waals surface area contributed by atoms with Crippen LogP contribution in [0.1, 0.15) is 68.1 Å². The van der Waals surface area contributed by atoms with Crippen molar-refractivity contribution in [2.75, 3.05) is 29.7 Å². The van der Waals surface area contributed by atoms with Gasteiger partial charge in [0.15, 0.2) is 10.8 Å². The van der Waals surface area contributed by atoms with Crippen LogP contribution >= 0.6 is 34.9 Å². The van der Waals surface area contributed by atoms with Gasteiger partial charge in [-0.2, -0.15) is 4.98 Å². The zero-order chi connectivity index (χ0) is 53.9. The van der Waals surface area contributed by atoms with Crippen LogP contribution in [0, 0.1) is 6.92 Å². The molecule has 400 valence electrons.